The number of benzene rings is 1. The Morgan fingerprint density at radius 1 is 1.14 bits per heavy atom. The number of carbonyl (C=O) groups excluding carboxylic acids is 2. The van der Waals surface area contributed by atoms with Crippen molar-refractivity contribution < 1.29 is 37.0 Å². The maximum atomic E-state index is 13.1. The molecule has 0 atom stereocenters. The summed E-state index contributed by atoms with van der Waals surface area (Å²) in [5, 5.41) is 3.10. The minimum Gasteiger partial charge on any atom is -0.476 e. The highest BCUT2D eigenvalue weighted by molar-refractivity contribution is 5.79. The molecule has 1 heterocycles. The fourth-order valence-electron chi connectivity index (χ4n) is 2.64. The molecule has 0 aromatic heterocycles. The molecule has 0 spiro atoms. The highest BCUT2D eigenvalue weighted by Gasteiger charge is 2.35. The second kappa shape index (κ2) is 9.34. The van der Waals surface area contributed by atoms with Gasteiger partial charge in [-0.25, -0.2) is 9.59 Å². The van der Waals surface area contributed by atoms with Crippen LogP contribution in [-0.2, 0) is 27.1 Å². The molecule has 0 radical (unpaired) electrons. The molecular formula is C19H25F3N2O5. The van der Waals surface area contributed by atoms with Crippen molar-refractivity contribution in [2.24, 2.45) is 0 Å². The van der Waals surface area contributed by atoms with Crippen molar-refractivity contribution >= 4 is 12.1 Å². The molecule has 1 aliphatic heterocycles. The Morgan fingerprint density at radius 3 is 2.38 bits per heavy atom. The Bertz CT molecular complexity index is 731. The van der Waals surface area contributed by atoms with Gasteiger partial charge in [-0.15, -0.1) is 0 Å². The number of rotatable bonds is 6. The average Bonchev–Trinajstić information content (AvgIpc) is 2.66. The van der Waals surface area contributed by atoms with Crippen LogP contribution in [0.25, 0.3) is 0 Å². The van der Waals surface area contributed by atoms with Crippen LogP contribution in [0.15, 0.2) is 18.2 Å². The second-order valence-corrected chi connectivity index (χ2v) is 6.94. The molecule has 1 amide bonds. The van der Waals surface area contributed by atoms with Crippen molar-refractivity contribution in [1.82, 2.24) is 10.2 Å². The van der Waals surface area contributed by atoms with Gasteiger partial charge in [0.05, 0.1) is 12.2 Å². The van der Waals surface area contributed by atoms with Gasteiger partial charge in [-0.3, -0.25) is 0 Å². The van der Waals surface area contributed by atoms with E-state index in [2.05, 4.69) is 5.32 Å². The maximum absolute atomic E-state index is 13.1. The zero-order valence-electron chi connectivity index (χ0n) is 16.6. The summed E-state index contributed by atoms with van der Waals surface area (Å²) in [4.78, 5) is 25.7. The minimum atomic E-state index is -4.60. The molecule has 1 aromatic carbocycles. The van der Waals surface area contributed by atoms with Crippen molar-refractivity contribution in [1.29, 1.82) is 0 Å². The first kappa shape index (κ1) is 22.8. The van der Waals surface area contributed by atoms with Crippen molar-refractivity contribution in [2.45, 2.75) is 39.2 Å². The molecule has 162 valence electrons. The SMILES string of the molecule is CCOC(=O)C(C)(C)Oc1cc(C(F)(F)F)ccc1COC(=O)N1CCNCC1. The van der Waals surface area contributed by atoms with Gasteiger partial charge < -0.3 is 24.4 Å². The van der Waals surface area contributed by atoms with Gasteiger partial charge in [-0.1, -0.05) is 6.07 Å². The van der Waals surface area contributed by atoms with Crippen LogP contribution in [0.1, 0.15) is 31.9 Å². The zero-order chi connectivity index (χ0) is 21.7. The monoisotopic (exact) mass is 418 g/mol. The topological polar surface area (TPSA) is 77.1 Å². The van der Waals surface area contributed by atoms with Crippen LogP contribution in [-0.4, -0.2) is 55.3 Å². The zero-order valence-corrected chi connectivity index (χ0v) is 16.6. The van der Waals surface area contributed by atoms with Gasteiger partial charge >= 0.3 is 18.2 Å². The van der Waals surface area contributed by atoms with Gasteiger partial charge in [-0.2, -0.15) is 13.2 Å². The largest absolute Gasteiger partial charge is 0.476 e. The number of esters is 1. The van der Waals surface area contributed by atoms with E-state index in [1.807, 2.05) is 0 Å². The van der Waals surface area contributed by atoms with Crippen molar-refractivity contribution in [3.63, 3.8) is 0 Å². The summed E-state index contributed by atoms with van der Waals surface area (Å²) in [6.45, 7) is 6.42. The highest BCUT2D eigenvalue weighted by Crippen LogP contribution is 2.35. The standard InChI is InChI=1S/C19H25F3N2O5/c1-4-27-16(25)18(2,3)29-15-11-14(19(20,21)22)6-5-13(15)12-28-17(26)24-9-7-23-8-10-24/h5-6,11,23H,4,7-10,12H2,1-3H3. The van der Waals surface area contributed by atoms with E-state index in [0.29, 0.717) is 26.2 Å². The van der Waals surface area contributed by atoms with E-state index < -0.39 is 29.4 Å². The highest BCUT2D eigenvalue weighted by atomic mass is 19.4. The van der Waals surface area contributed by atoms with E-state index in [1.165, 1.54) is 24.8 Å². The van der Waals surface area contributed by atoms with Crippen molar-refractivity contribution in [3.8, 4) is 5.75 Å². The summed E-state index contributed by atoms with van der Waals surface area (Å²) >= 11 is 0. The number of hydrogen-bond donors (Lipinski definition) is 1. The summed E-state index contributed by atoms with van der Waals surface area (Å²) in [7, 11) is 0. The second-order valence-electron chi connectivity index (χ2n) is 6.94. The third kappa shape index (κ3) is 6.25. The summed E-state index contributed by atoms with van der Waals surface area (Å²) < 4.78 is 55.1. The molecule has 1 saturated heterocycles. The first-order valence-corrected chi connectivity index (χ1v) is 9.23. The van der Waals surface area contributed by atoms with E-state index in [1.54, 1.807) is 6.92 Å². The summed E-state index contributed by atoms with van der Waals surface area (Å²) in [5.74, 6) is -0.924. The lowest BCUT2D eigenvalue weighted by molar-refractivity contribution is -0.158. The Kier molecular flexibility index (Phi) is 7.34. The number of nitrogens with one attached hydrogen (secondary N) is 1. The van der Waals surface area contributed by atoms with Crippen LogP contribution in [0.4, 0.5) is 18.0 Å². The quantitative estimate of drug-likeness (QED) is 0.716. The van der Waals surface area contributed by atoms with Gasteiger partial charge in [0.1, 0.15) is 12.4 Å². The Labute approximate surface area is 167 Å². The summed E-state index contributed by atoms with van der Waals surface area (Å²) in [6, 6.07) is 2.83. The number of ether oxygens (including phenoxy) is 3. The lowest BCUT2D eigenvalue weighted by atomic mass is 10.1. The van der Waals surface area contributed by atoms with E-state index in [4.69, 9.17) is 14.2 Å². The molecule has 7 nitrogen and oxygen atoms in total. The molecule has 1 aliphatic rings. The molecule has 1 fully saturated rings. The lowest BCUT2D eigenvalue weighted by Crippen LogP contribution is -2.46. The Hall–Kier alpha value is -2.49. The summed E-state index contributed by atoms with van der Waals surface area (Å²) in [6.07, 6.45) is -5.16. The number of carbonyl (C=O) groups is 2. The summed E-state index contributed by atoms with van der Waals surface area (Å²) in [5.41, 5.74) is -2.26. The molecular weight excluding hydrogens is 393 g/mol. The Balaban J connectivity index is 2.21. The average molecular weight is 418 g/mol. The third-order valence-corrected chi connectivity index (χ3v) is 4.25. The predicted octanol–water partition coefficient (Wildman–Crippen LogP) is 2.97. The fraction of sp³-hybridized carbons (Fsp3) is 0.579. The number of amides is 1. The number of nitrogens with zero attached hydrogens (tertiary/aromatic N) is 1. The van der Waals surface area contributed by atoms with Crippen molar-refractivity contribution in [2.75, 3.05) is 32.8 Å². The Morgan fingerprint density at radius 2 is 1.79 bits per heavy atom. The molecule has 10 heteroatoms. The molecule has 0 saturated carbocycles. The number of alkyl halides is 3. The molecule has 0 aliphatic carbocycles. The molecule has 1 N–H and O–H groups in total. The van der Waals surface area contributed by atoms with Gasteiger partial charge in [-0.05, 0) is 32.9 Å². The molecule has 0 bridgehead atoms. The first-order chi connectivity index (χ1) is 13.5. The van der Waals surface area contributed by atoms with Crippen molar-refractivity contribution in [3.05, 3.63) is 29.3 Å². The number of halogens is 3. The van der Waals surface area contributed by atoms with Crippen LogP contribution in [0.3, 0.4) is 0 Å². The minimum absolute atomic E-state index is 0.101. The third-order valence-electron chi connectivity index (χ3n) is 4.25. The van der Waals surface area contributed by atoms with E-state index in [-0.39, 0.29) is 24.5 Å². The number of hydrogen-bond acceptors (Lipinski definition) is 6. The van der Waals surface area contributed by atoms with E-state index in [9.17, 15) is 22.8 Å². The van der Waals surface area contributed by atoms with Gasteiger partial charge in [0.2, 0.25) is 0 Å². The normalized spacial score (nSPS) is 15.0. The predicted molar refractivity (Wildman–Crippen MR) is 97.4 cm³/mol. The number of piperazine rings is 1. The van der Waals surface area contributed by atoms with E-state index in [0.717, 1.165) is 12.1 Å². The van der Waals surface area contributed by atoms with Crippen LogP contribution in [0, 0.1) is 0 Å². The van der Waals surface area contributed by atoms with Crippen LogP contribution >= 0.6 is 0 Å². The molecule has 0 unspecified atom stereocenters. The lowest BCUT2D eigenvalue weighted by Gasteiger charge is -2.28. The molecule has 29 heavy (non-hydrogen) atoms. The van der Waals surface area contributed by atoms with Crippen LogP contribution in [0.2, 0.25) is 0 Å². The van der Waals surface area contributed by atoms with Gasteiger partial charge in [0.25, 0.3) is 0 Å². The first-order valence-electron chi connectivity index (χ1n) is 9.23. The van der Waals surface area contributed by atoms with Crippen LogP contribution < -0.4 is 10.1 Å². The smallest absolute Gasteiger partial charge is 0.416 e. The van der Waals surface area contributed by atoms with Gasteiger partial charge in [0.15, 0.2) is 5.60 Å². The maximum Gasteiger partial charge on any atom is 0.416 e. The molecule has 2 rings (SSSR count). The van der Waals surface area contributed by atoms with E-state index >= 15 is 0 Å². The molecule has 1 aromatic rings. The fourth-order valence-corrected chi connectivity index (χ4v) is 2.64. The van der Waals surface area contributed by atoms with Crippen LogP contribution in [0.5, 0.6) is 5.75 Å². The van der Waals surface area contributed by atoms with Gasteiger partial charge in [0, 0.05) is 31.7 Å².